The van der Waals surface area contributed by atoms with Crippen LogP contribution in [0.1, 0.15) is 45.1 Å². The van der Waals surface area contributed by atoms with E-state index in [4.69, 9.17) is 10.5 Å². The first-order valence-corrected chi connectivity index (χ1v) is 11.1. The summed E-state index contributed by atoms with van der Waals surface area (Å²) in [7, 11) is 0.138. The van der Waals surface area contributed by atoms with Gasteiger partial charge in [0.25, 0.3) is 0 Å². The van der Waals surface area contributed by atoms with Gasteiger partial charge in [0.2, 0.25) is 5.91 Å². The minimum atomic E-state index is -1.36. The Morgan fingerprint density at radius 3 is 2.40 bits per heavy atom. The van der Waals surface area contributed by atoms with E-state index in [2.05, 4.69) is 15.4 Å². The van der Waals surface area contributed by atoms with Crippen LogP contribution in [0.3, 0.4) is 0 Å². The SMILES string of the molecule is CCCCS(=O)N[C@@H](Cc1ccc(OCCCC(=O)N=C(C)N)cc1)C(=O)O.CN. The van der Waals surface area contributed by atoms with Gasteiger partial charge >= 0.3 is 5.97 Å². The molecule has 10 heteroatoms. The zero-order chi connectivity index (χ0) is 22.9. The summed E-state index contributed by atoms with van der Waals surface area (Å²) < 4.78 is 20.1. The number of carboxylic acids is 1. The molecule has 2 atom stereocenters. The largest absolute Gasteiger partial charge is 0.494 e. The monoisotopic (exact) mass is 442 g/mol. The topological polar surface area (TPSA) is 157 Å². The van der Waals surface area contributed by atoms with Crippen LogP contribution in [0.4, 0.5) is 0 Å². The maximum absolute atomic E-state index is 11.9. The summed E-state index contributed by atoms with van der Waals surface area (Å²) in [6.07, 6.45) is 2.68. The van der Waals surface area contributed by atoms with Crippen LogP contribution in [0, 0.1) is 0 Å². The van der Waals surface area contributed by atoms with Gasteiger partial charge in [-0.05, 0) is 50.9 Å². The molecular weight excluding hydrogens is 408 g/mol. The molecule has 0 saturated carbocycles. The van der Waals surface area contributed by atoms with Crippen LogP contribution in [-0.2, 0) is 27.0 Å². The molecule has 0 saturated heterocycles. The number of aliphatic imine (C=N–C) groups is 1. The normalized spacial score (nSPS) is 13.0. The Hall–Kier alpha value is -2.30. The van der Waals surface area contributed by atoms with Crippen molar-refractivity contribution in [3.63, 3.8) is 0 Å². The van der Waals surface area contributed by atoms with Gasteiger partial charge in [-0.25, -0.2) is 13.9 Å². The van der Waals surface area contributed by atoms with Crippen molar-refractivity contribution in [3.8, 4) is 5.75 Å². The lowest BCUT2D eigenvalue weighted by Crippen LogP contribution is -2.40. The maximum atomic E-state index is 11.9. The number of amides is 1. The van der Waals surface area contributed by atoms with Crippen molar-refractivity contribution < 1.29 is 23.6 Å². The van der Waals surface area contributed by atoms with Gasteiger partial charge in [0.15, 0.2) is 0 Å². The predicted octanol–water partition coefficient (Wildman–Crippen LogP) is 1.37. The number of carbonyl (C=O) groups is 2. The molecule has 30 heavy (non-hydrogen) atoms. The first kappa shape index (κ1) is 27.7. The average Bonchev–Trinajstić information content (AvgIpc) is 2.71. The highest BCUT2D eigenvalue weighted by Gasteiger charge is 2.20. The fourth-order valence-electron chi connectivity index (χ4n) is 2.30. The Balaban J connectivity index is 0.00000407. The highest BCUT2D eigenvalue weighted by molar-refractivity contribution is 7.83. The fourth-order valence-corrected chi connectivity index (χ4v) is 3.47. The second-order valence-electron chi connectivity index (χ2n) is 6.36. The molecule has 1 aromatic rings. The summed E-state index contributed by atoms with van der Waals surface area (Å²) in [6, 6.07) is 6.12. The molecule has 1 rings (SSSR count). The van der Waals surface area contributed by atoms with Gasteiger partial charge in [-0.2, -0.15) is 0 Å². The number of nitrogens with two attached hydrogens (primary N) is 2. The predicted molar refractivity (Wildman–Crippen MR) is 120 cm³/mol. The second-order valence-corrected chi connectivity index (χ2v) is 7.69. The number of nitrogens with one attached hydrogen (secondary N) is 1. The van der Waals surface area contributed by atoms with Gasteiger partial charge in [-0.3, -0.25) is 9.59 Å². The van der Waals surface area contributed by atoms with Gasteiger partial charge in [0.05, 0.1) is 23.4 Å². The van der Waals surface area contributed by atoms with Crippen molar-refractivity contribution in [2.45, 2.75) is 52.0 Å². The summed E-state index contributed by atoms with van der Waals surface area (Å²) in [5.74, 6) is -0.00949. The van der Waals surface area contributed by atoms with Crippen molar-refractivity contribution in [1.82, 2.24) is 4.72 Å². The van der Waals surface area contributed by atoms with Crippen LogP contribution < -0.4 is 20.9 Å². The van der Waals surface area contributed by atoms with Crippen LogP contribution in [-0.4, -0.2) is 52.5 Å². The molecule has 0 fully saturated rings. The zero-order valence-electron chi connectivity index (χ0n) is 17.9. The quantitative estimate of drug-likeness (QED) is 0.204. The van der Waals surface area contributed by atoms with Crippen LogP contribution in [0.15, 0.2) is 29.3 Å². The smallest absolute Gasteiger partial charge is 0.321 e. The lowest BCUT2D eigenvalue weighted by molar-refractivity contribution is -0.138. The Kier molecular flexibility index (Phi) is 15.2. The highest BCUT2D eigenvalue weighted by Crippen LogP contribution is 2.14. The summed E-state index contributed by atoms with van der Waals surface area (Å²) in [5.41, 5.74) is 10.6. The van der Waals surface area contributed by atoms with Crippen molar-refractivity contribution >= 4 is 28.7 Å². The van der Waals surface area contributed by atoms with Crippen molar-refractivity contribution in [1.29, 1.82) is 0 Å². The number of rotatable bonds is 13. The molecule has 0 spiro atoms. The number of ether oxygens (including phenoxy) is 1. The van der Waals surface area contributed by atoms with E-state index in [1.165, 1.54) is 7.05 Å². The van der Waals surface area contributed by atoms with Crippen LogP contribution in [0.2, 0.25) is 0 Å². The van der Waals surface area contributed by atoms with Gasteiger partial charge < -0.3 is 21.3 Å². The molecule has 0 aromatic heterocycles. The lowest BCUT2D eigenvalue weighted by Gasteiger charge is -2.14. The van der Waals surface area contributed by atoms with E-state index in [-0.39, 0.29) is 24.6 Å². The molecule has 1 unspecified atom stereocenters. The third kappa shape index (κ3) is 13.0. The van der Waals surface area contributed by atoms with Crippen LogP contribution >= 0.6 is 0 Å². The number of aliphatic carboxylic acids is 1. The number of carbonyl (C=O) groups excluding carboxylic acids is 1. The Morgan fingerprint density at radius 2 is 1.87 bits per heavy atom. The van der Waals surface area contributed by atoms with Crippen molar-refractivity contribution in [2.24, 2.45) is 16.5 Å². The van der Waals surface area contributed by atoms with Gasteiger partial charge in [0.1, 0.15) is 11.8 Å². The van der Waals surface area contributed by atoms with Gasteiger partial charge in [-0.15, -0.1) is 0 Å². The molecule has 0 heterocycles. The number of carboxylic acid groups (broad SMARTS) is 1. The van der Waals surface area contributed by atoms with E-state index in [9.17, 15) is 18.9 Å². The minimum absolute atomic E-state index is 0.221. The van der Waals surface area contributed by atoms with Gasteiger partial charge in [-0.1, -0.05) is 25.5 Å². The molecule has 0 radical (unpaired) electrons. The van der Waals surface area contributed by atoms with Crippen LogP contribution in [0.5, 0.6) is 5.75 Å². The van der Waals surface area contributed by atoms with E-state index < -0.39 is 23.0 Å². The first-order chi connectivity index (χ1) is 14.3. The Bertz CT molecular complexity index is 691. The summed E-state index contributed by atoms with van der Waals surface area (Å²) >= 11 is 0. The van der Waals surface area contributed by atoms with E-state index >= 15 is 0 Å². The molecule has 0 aliphatic carbocycles. The van der Waals surface area contributed by atoms with Gasteiger partial charge in [0, 0.05) is 12.2 Å². The number of amidine groups is 1. The van der Waals surface area contributed by atoms with Crippen molar-refractivity contribution in [2.75, 3.05) is 19.4 Å². The van der Waals surface area contributed by atoms with Crippen LogP contribution in [0.25, 0.3) is 0 Å². The van der Waals surface area contributed by atoms with E-state index in [0.29, 0.717) is 24.5 Å². The van der Waals surface area contributed by atoms with E-state index in [0.717, 1.165) is 18.4 Å². The number of unbranched alkanes of at least 4 members (excludes halogenated alkanes) is 1. The molecular formula is C20H34N4O5S. The third-order valence-corrected chi connectivity index (χ3v) is 4.93. The Morgan fingerprint density at radius 1 is 1.23 bits per heavy atom. The standard InChI is InChI=1S/C19H29N3O5S.CH5N/c1-3-4-12-28(26)22-17(19(24)25)13-15-7-9-16(10-8-15)27-11-5-6-18(23)21-14(2)20;1-2/h7-10,17,22H,3-6,11-13H2,1-2H3,(H,24,25)(H2,20,21,23);2H2,1H3/t17-,28?;/m0./s1. The summed E-state index contributed by atoms with van der Waals surface area (Å²) in [6.45, 7) is 3.91. The maximum Gasteiger partial charge on any atom is 0.321 e. The van der Waals surface area contributed by atoms with E-state index in [1.807, 2.05) is 6.92 Å². The number of hydrogen-bond acceptors (Lipinski definition) is 5. The number of benzene rings is 1. The molecule has 1 amide bonds. The summed E-state index contributed by atoms with van der Waals surface area (Å²) in [5, 5.41) is 9.34. The number of hydrogen-bond donors (Lipinski definition) is 4. The average molecular weight is 443 g/mol. The molecule has 170 valence electrons. The molecule has 1 aromatic carbocycles. The molecule has 9 nitrogen and oxygen atoms in total. The summed E-state index contributed by atoms with van der Waals surface area (Å²) in [4.78, 5) is 26.4. The first-order valence-electron chi connectivity index (χ1n) is 9.82. The molecule has 0 aliphatic heterocycles. The lowest BCUT2D eigenvalue weighted by atomic mass is 10.1. The van der Waals surface area contributed by atoms with Crippen molar-refractivity contribution in [3.05, 3.63) is 29.8 Å². The molecule has 0 bridgehead atoms. The molecule has 0 aliphatic rings. The second kappa shape index (κ2) is 16.5. The third-order valence-electron chi connectivity index (χ3n) is 3.72. The zero-order valence-corrected chi connectivity index (χ0v) is 18.7. The number of nitrogens with zero attached hydrogens (tertiary/aromatic N) is 1. The minimum Gasteiger partial charge on any atom is -0.494 e. The fraction of sp³-hybridized carbons (Fsp3) is 0.550. The Labute approximate surface area is 180 Å². The van der Waals surface area contributed by atoms with E-state index in [1.54, 1.807) is 31.2 Å². The molecule has 6 N–H and O–H groups in total. The highest BCUT2D eigenvalue weighted by atomic mass is 32.2.